The highest BCUT2D eigenvalue weighted by Crippen LogP contribution is 2.22. The summed E-state index contributed by atoms with van der Waals surface area (Å²) in [5.74, 6) is 0. The number of hydrogen-bond donors (Lipinski definition) is 2. The predicted octanol–water partition coefficient (Wildman–Crippen LogP) is 3.06. The van der Waals surface area contributed by atoms with Crippen LogP contribution < -0.4 is 10.2 Å². The Labute approximate surface area is 140 Å². The minimum Gasteiger partial charge on any atom is -0.330 e. The fourth-order valence-corrected chi connectivity index (χ4v) is 3.85. The van der Waals surface area contributed by atoms with Crippen molar-refractivity contribution in [3.05, 3.63) is 33.3 Å². The summed E-state index contributed by atoms with van der Waals surface area (Å²) in [5.41, 5.74) is 3.66. The van der Waals surface area contributed by atoms with Gasteiger partial charge in [-0.15, -0.1) is 5.10 Å². The van der Waals surface area contributed by atoms with E-state index in [4.69, 9.17) is 12.2 Å². The topological polar surface area (TPSA) is 34.3 Å². The van der Waals surface area contributed by atoms with Crippen LogP contribution in [0.5, 0.6) is 0 Å². The third kappa shape index (κ3) is 3.74. The van der Waals surface area contributed by atoms with E-state index in [1.807, 2.05) is 4.68 Å². The Bertz CT molecular complexity index is 698. The molecule has 0 saturated carbocycles. The maximum atomic E-state index is 5.47. The van der Waals surface area contributed by atoms with E-state index in [9.17, 15) is 0 Å². The van der Waals surface area contributed by atoms with Crippen molar-refractivity contribution in [2.24, 2.45) is 0 Å². The van der Waals surface area contributed by atoms with E-state index < -0.39 is 0 Å². The van der Waals surface area contributed by atoms with Gasteiger partial charge in [-0.05, 0) is 68.6 Å². The molecule has 0 amide bonds. The summed E-state index contributed by atoms with van der Waals surface area (Å²) in [6.45, 7) is 7.61. The van der Waals surface area contributed by atoms with Crippen LogP contribution in [0.3, 0.4) is 0 Å². The number of hydrogen-bond acceptors (Lipinski definition) is 4. The molecule has 0 atom stereocenters. The Morgan fingerprint density at radius 3 is 2.73 bits per heavy atom. The summed E-state index contributed by atoms with van der Waals surface area (Å²) < 4.78 is 2.83. The molecule has 22 heavy (non-hydrogen) atoms. The van der Waals surface area contributed by atoms with Crippen LogP contribution in [0.25, 0.3) is 0 Å². The van der Waals surface area contributed by atoms with Crippen LogP contribution in [-0.2, 0) is 6.67 Å². The van der Waals surface area contributed by atoms with Crippen molar-refractivity contribution in [3.63, 3.8) is 0 Å². The van der Waals surface area contributed by atoms with E-state index in [2.05, 4.69) is 42.5 Å². The molecule has 1 aliphatic rings. The van der Waals surface area contributed by atoms with Crippen molar-refractivity contribution in [3.8, 4) is 0 Å². The number of likely N-dealkylation sites (tertiary alicyclic amines) is 1. The number of piperidine rings is 1. The number of nitrogens with zero attached hydrogens (tertiary/aromatic N) is 2. The van der Waals surface area contributed by atoms with Crippen molar-refractivity contribution < 1.29 is 4.90 Å². The van der Waals surface area contributed by atoms with Gasteiger partial charge >= 0.3 is 0 Å². The van der Waals surface area contributed by atoms with Gasteiger partial charge in [-0.1, -0.05) is 17.4 Å². The zero-order valence-corrected chi connectivity index (χ0v) is 14.8. The summed E-state index contributed by atoms with van der Waals surface area (Å²) in [7, 11) is 0. The second-order valence-electron chi connectivity index (χ2n) is 6.07. The number of benzene rings is 1. The first kappa shape index (κ1) is 15.6. The lowest BCUT2D eigenvalue weighted by Gasteiger charge is -2.22. The third-order valence-electron chi connectivity index (χ3n) is 4.30. The number of aryl methyl sites for hydroxylation is 2. The molecule has 1 fully saturated rings. The van der Waals surface area contributed by atoms with Crippen LogP contribution in [0.1, 0.15) is 30.4 Å². The first-order chi connectivity index (χ1) is 10.6. The lowest BCUT2D eigenvalue weighted by atomic mass is 10.1. The van der Waals surface area contributed by atoms with Crippen molar-refractivity contribution in [1.29, 1.82) is 0 Å². The molecule has 0 radical (unpaired) electrons. The molecule has 0 spiro atoms. The maximum absolute atomic E-state index is 5.47. The van der Waals surface area contributed by atoms with Gasteiger partial charge in [-0.25, -0.2) is 0 Å². The summed E-state index contributed by atoms with van der Waals surface area (Å²) >= 11 is 7.02. The standard InChI is InChI=1S/C16H22N4S2/c1-12-6-7-14(10-13(12)2)17-15-18-20(16(21)22-15)11-19-8-4-3-5-9-19/h6-7,10H,3-5,8-9,11H2,1-2H3,(H,17,18)/p+1. The molecule has 4 nitrogen and oxygen atoms in total. The smallest absolute Gasteiger partial charge is 0.209 e. The van der Waals surface area contributed by atoms with Crippen molar-refractivity contribution in [2.75, 3.05) is 18.4 Å². The number of rotatable bonds is 4. The summed E-state index contributed by atoms with van der Waals surface area (Å²) in [6.07, 6.45) is 4.01. The van der Waals surface area contributed by atoms with Gasteiger partial charge in [0.25, 0.3) is 0 Å². The molecule has 3 rings (SSSR count). The third-order valence-corrected chi connectivity index (χ3v) is 5.52. The van der Waals surface area contributed by atoms with Gasteiger partial charge in [0.2, 0.25) is 5.13 Å². The molecule has 1 saturated heterocycles. The first-order valence-electron chi connectivity index (χ1n) is 7.87. The molecule has 6 heteroatoms. The van der Waals surface area contributed by atoms with Gasteiger partial charge in [0.05, 0.1) is 13.1 Å². The Morgan fingerprint density at radius 1 is 1.23 bits per heavy atom. The highest BCUT2D eigenvalue weighted by atomic mass is 32.1. The van der Waals surface area contributed by atoms with Crippen molar-refractivity contribution in [1.82, 2.24) is 9.78 Å². The van der Waals surface area contributed by atoms with E-state index in [1.165, 1.54) is 43.5 Å². The second kappa shape index (κ2) is 6.89. The van der Waals surface area contributed by atoms with Gasteiger partial charge < -0.3 is 10.2 Å². The molecule has 2 aromatic rings. The van der Waals surface area contributed by atoms with Crippen LogP contribution in [-0.4, -0.2) is 22.9 Å². The Kier molecular flexibility index (Phi) is 4.90. The fraction of sp³-hybridized carbons (Fsp3) is 0.500. The van der Waals surface area contributed by atoms with Gasteiger partial charge in [0.15, 0.2) is 10.6 Å². The quantitative estimate of drug-likeness (QED) is 0.843. The monoisotopic (exact) mass is 335 g/mol. The largest absolute Gasteiger partial charge is 0.330 e. The average molecular weight is 336 g/mol. The second-order valence-corrected chi connectivity index (χ2v) is 7.69. The lowest BCUT2D eigenvalue weighted by molar-refractivity contribution is -0.928. The molecular weight excluding hydrogens is 312 g/mol. The van der Waals surface area contributed by atoms with Crippen LogP contribution in [0.15, 0.2) is 18.2 Å². The van der Waals surface area contributed by atoms with Gasteiger partial charge in [0.1, 0.15) is 0 Å². The SMILES string of the molecule is Cc1ccc(Nc2nn(C[NH+]3CCCCC3)c(=S)s2)cc1C. The molecule has 2 heterocycles. The highest BCUT2D eigenvalue weighted by Gasteiger charge is 2.15. The zero-order chi connectivity index (χ0) is 15.5. The van der Waals surface area contributed by atoms with Crippen LogP contribution in [0, 0.1) is 17.8 Å². The summed E-state index contributed by atoms with van der Waals surface area (Å²) in [6, 6.07) is 6.37. The highest BCUT2D eigenvalue weighted by molar-refractivity contribution is 7.73. The first-order valence-corrected chi connectivity index (χ1v) is 9.10. The number of nitrogens with one attached hydrogen (secondary N) is 2. The Balaban J connectivity index is 1.71. The molecule has 1 aliphatic heterocycles. The molecule has 0 aliphatic carbocycles. The maximum Gasteiger partial charge on any atom is 0.209 e. The lowest BCUT2D eigenvalue weighted by Crippen LogP contribution is -3.12. The molecule has 1 aromatic carbocycles. The van der Waals surface area contributed by atoms with Crippen LogP contribution in [0.4, 0.5) is 10.8 Å². The van der Waals surface area contributed by atoms with Crippen molar-refractivity contribution in [2.45, 2.75) is 39.8 Å². The van der Waals surface area contributed by atoms with Crippen LogP contribution in [0.2, 0.25) is 0 Å². The van der Waals surface area contributed by atoms with E-state index in [0.29, 0.717) is 0 Å². The fourth-order valence-electron chi connectivity index (χ4n) is 2.82. The van der Waals surface area contributed by atoms with Crippen LogP contribution >= 0.6 is 23.6 Å². The number of aromatic nitrogens is 2. The molecule has 0 bridgehead atoms. The number of anilines is 2. The Hall–Kier alpha value is -1.24. The number of quaternary nitrogens is 1. The van der Waals surface area contributed by atoms with E-state index >= 15 is 0 Å². The van der Waals surface area contributed by atoms with E-state index in [1.54, 1.807) is 16.2 Å². The van der Waals surface area contributed by atoms with Gasteiger partial charge in [-0.3, -0.25) is 0 Å². The molecular formula is C16H23N4S2+. The molecule has 2 N–H and O–H groups in total. The normalized spacial score (nSPS) is 15.9. The average Bonchev–Trinajstić information content (AvgIpc) is 2.84. The minimum absolute atomic E-state index is 0.851. The molecule has 118 valence electrons. The van der Waals surface area contributed by atoms with E-state index in [-0.39, 0.29) is 0 Å². The minimum atomic E-state index is 0.851. The van der Waals surface area contributed by atoms with E-state index in [0.717, 1.165) is 21.4 Å². The molecule has 1 aromatic heterocycles. The summed E-state index contributed by atoms with van der Waals surface area (Å²) in [4.78, 5) is 1.59. The zero-order valence-electron chi connectivity index (χ0n) is 13.2. The molecule has 0 unspecified atom stereocenters. The predicted molar refractivity (Wildman–Crippen MR) is 94.7 cm³/mol. The van der Waals surface area contributed by atoms with Gasteiger partial charge in [0, 0.05) is 5.69 Å². The summed E-state index contributed by atoms with van der Waals surface area (Å²) in [5, 5.41) is 8.91. The Morgan fingerprint density at radius 2 is 2.00 bits per heavy atom. The van der Waals surface area contributed by atoms with Crippen molar-refractivity contribution >= 4 is 34.4 Å². The van der Waals surface area contributed by atoms with Gasteiger partial charge in [-0.2, -0.15) is 4.68 Å².